The van der Waals surface area contributed by atoms with Crippen LogP contribution >= 0.6 is 12.4 Å². The molecular formula is C20H24ClNO. The number of carbonyl (C=O) groups excluding carboxylic acids is 1. The van der Waals surface area contributed by atoms with E-state index in [0.29, 0.717) is 6.54 Å². The van der Waals surface area contributed by atoms with Crippen LogP contribution in [0.2, 0.25) is 0 Å². The van der Waals surface area contributed by atoms with E-state index in [1.165, 1.54) is 24.8 Å². The van der Waals surface area contributed by atoms with Gasteiger partial charge in [0.05, 0.1) is 6.54 Å². The molecular weight excluding hydrogens is 306 g/mol. The van der Waals surface area contributed by atoms with E-state index < -0.39 is 0 Å². The molecule has 0 unspecified atom stereocenters. The molecule has 1 saturated heterocycles. The molecule has 0 N–H and O–H groups in total. The maximum Gasteiger partial charge on any atom is 0.176 e. The van der Waals surface area contributed by atoms with Gasteiger partial charge in [-0.3, -0.25) is 9.69 Å². The third-order valence-corrected chi connectivity index (χ3v) is 4.54. The van der Waals surface area contributed by atoms with Gasteiger partial charge in [0.25, 0.3) is 0 Å². The first kappa shape index (κ1) is 17.7. The number of ketones is 1. The van der Waals surface area contributed by atoms with E-state index in [2.05, 4.69) is 35.2 Å². The second-order valence-electron chi connectivity index (χ2n) is 6.20. The Bertz CT molecular complexity index is 592. The molecule has 0 aromatic heterocycles. The van der Waals surface area contributed by atoms with Gasteiger partial charge < -0.3 is 0 Å². The van der Waals surface area contributed by atoms with Crippen LogP contribution in [-0.4, -0.2) is 30.3 Å². The lowest BCUT2D eigenvalue weighted by atomic mass is 9.90. The summed E-state index contributed by atoms with van der Waals surface area (Å²) in [5.41, 5.74) is 2.26. The Balaban J connectivity index is 0.00000192. The number of Topliss-reactive ketones (excluding diaryl/α,β-unsaturated/α-hetero) is 1. The quantitative estimate of drug-likeness (QED) is 0.764. The summed E-state index contributed by atoms with van der Waals surface area (Å²) in [6, 6.07) is 20.4. The standard InChI is InChI=1S/C20H23NO.ClH/c22-20(19-9-5-2-6-10-19)16-21-13-11-18(12-14-21)15-17-7-3-1-4-8-17;/h1-10,18H,11-16H2;1H. The highest BCUT2D eigenvalue weighted by Gasteiger charge is 2.21. The molecule has 2 nitrogen and oxygen atoms in total. The highest BCUT2D eigenvalue weighted by molar-refractivity contribution is 5.97. The Morgan fingerprint density at radius 3 is 2.09 bits per heavy atom. The molecule has 3 rings (SSSR count). The van der Waals surface area contributed by atoms with Crippen LogP contribution in [0.4, 0.5) is 0 Å². The first-order valence-corrected chi connectivity index (χ1v) is 8.16. The van der Waals surface area contributed by atoms with Crippen LogP contribution in [0.3, 0.4) is 0 Å². The summed E-state index contributed by atoms with van der Waals surface area (Å²) in [5.74, 6) is 0.993. The topological polar surface area (TPSA) is 20.3 Å². The average molecular weight is 330 g/mol. The largest absolute Gasteiger partial charge is 0.296 e. The second-order valence-corrected chi connectivity index (χ2v) is 6.20. The van der Waals surface area contributed by atoms with Gasteiger partial charge >= 0.3 is 0 Å². The maximum atomic E-state index is 12.2. The van der Waals surface area contributed by atoms with Gasteiger partial charge in [0.2, 0.25) is 0 Å². The summed E-state index contributed by atoms with van der Waals surface area (Å²) in [6.45, 7) is 2.63. The van der Waals surface area contributed by atoms with E-state index in [1.54, 1.807) is 0 Å². The predicted octanol–water partition coefficient (Wildman–Crippen LogP) is 4.25. The minimum atomic E-state index is 0. The minimum absolute atomic E-state index is 0. The third kappa shape index (κ3) is 5.19. The minimum Gasteiger partial charge on any atom is -0.296 e. The first-order valence-electron chi connectivity index (χ1n) is 8.16. The van der Waals surface area contributed by atoms with Crippen molar-refractivity contribution in [2.24, 2.45) is 5.92 Å². The lowest BCUT2D eigenvalue weighted by molar-refractivity contribution is 0.0895. The van der Waals surface area contributed by atoms with Crippen LogP contribution in [0.5, 0.6) is 0 Å². The molecule has 1 aliphatic heterocycles. The van der Waals surface area contributed by atoms with Gasteiger partial charge in [-0.25, -0.2) is 0 Å². The maximum absolute atomic E-state index is 12.2. The van der Waals surface area contributed by atoms with Crippen molar-refractivity contribution in [3.8, 4) is 0 Å². The molecule has 1 heterocycles. The number of piperidine rings is 1. The first-order chi connectivity index (χ1) is 10.8. The fourth-order valence-electron chi connectivity index (χ4n) is 3.21. The van der Waals surface area contributed by atoms with Crippen molar-refractivity contribution in [2.75, 3.05) is 19.6 Å². The molecule has 0 spiro atoms. The highest BCUT2D eigenvalue weighted by atomic mass is 35.5. The Labute approximate surface area is 144 Å². The molecule has 2 aromatic rings. The third-order valence-electron chi connectivity index (χ3n) is 4.54. The molecule has 0 saturated carbocycles. The fraction of sp³-hybridized carbons (Fsp3) is 0.350. The number of rotatable bonds is 5. The average Bonchev–Trinajstić information content (AvgIpc) is 2.58. The number of hydrogen-bond acceptors (Lipinski definition) is 2. The summed E-state index contributed by atoms with van der Waals surface area (Å²) in [6.07, 6.45) is 3.55. The van der Waals surface area contributed by atoms with Crippen molar-refractivity contribution in [1.82, 2.24) is 4.90 Å². The lowest BCUT2D eigenvalue weighted by Gasteiger charge is -2.31. The van der Waals surface area contributed by atoms with E-state index in [1.807, 2.05) is 30.3 Å². The van der Waals surface area contributed by atoms with Gasteiger partial charge in [-0.15, -0.1) is 12.4 Å². The molecule has 0 atom stereocenters. The molecule has 2 aromatic carbocycles. The normalized spacial score (nSPS) is 15.8. The number of hydrogen-bond donors (Lipinski definition) is 0. The number of halogens is 1. The lowest BCUT2D eigenvalue weighted by Crippen LogP contribution is -2.37. The van der Waals surface area contributed by atoms with Crippen molar-refractivity contribution >= 4 is 18.2 Å². The van der Waals surface area contributed by atoms with Gasteiger partial charge in [0, 0.05) is 5.56 Å². The Morgan fingerprint density at radius 2 is 1.48 bits per heavy atom. The molecule has 3 heteroatoms. The van der Waals surface area contributed by atoms with Gasteiger partial charge in [-0.1, -0.05) is 60.7 Å². The van der Waals surface area contributed by atoms with Crippen LogP contribution in [0.25, 0.3) is 0 Å². The van der Waals surface area contributed by atoms with Gasteiger partial charge in [0.1, 0.15) is 0 Å². The molecule has 0 radical (unpaired) electrons. The summed E-state index contributed by atoms with van der Waals surface area (Å²) in [7, 11) is 0. The molecule has 23 heavy (non-hydrogen) atoms. The van der Waals surface area contributed by atoms with Crippen molar-refractivity contribution in [2.45, 2.75) is 19.3 Å². The molecule has 1 fully saturated rings. The summed E-state index contributed by atoms with van der Waals surface area (Å²) in [5, 5.41) is 0. The fourth-order valence-corrected chi connectivity index (χ4v) is 3.21. The number of nitrogens with zero attached hydrogens (tertiary/aromatic N) is 1. The summed E-state index contributed by atoms with van der Waals surface area (Å²) >= 11 is 0. The predicted molar refractivity (Wildman–Crippen MR) is 97.3 cm³/mol. The van der Waals surface area contributed by atoms with E-state index in [0.717, 1.165) is 24.6 Å². The highest BCUT2D eigenvalue weighted by Crippen LogP contribution is 2.21. The molecule has 0 amide bonds. The zero-order valence-corrected chi connectivity index (χ0v) is 14.2. The van der Waals surface area contributed by atoms with E-state index in [4.69, 9.17) is 0 Å². The van der Waals surface area contributed by atoms with Crippen LogP contribution < -0.4 is 0 Å². The Hall–Kier alpha value is -1.64. The SMILES string of the molecule is Cl.O=C(CN1CCC(Cc2ccccc2)CC1)c1ccccc1. The Kier molecular flexibility index (Phi) is 6.82. The van der Waals surface area contributed by atoms with Crippen LogP contribution in [-0.2, 0) is 6.42 Å². The van der Waals surface area contributed by atoms with Crippen molar-refractivity contribution < 1.29 is 4.79 Å². The van der Waals surface area contributed by atoms with Crippen LogP contribution in [0.1, 0.15) is 28.8 Å². The van der Waals surface area contributed by atoms with Crippen LogP contribution in [0.15, 0.2) is 60.7 Å². The molecule has 1 aliphatic rings. The zero-order valence-electron chi connectivity index (χ0n) is 13.4. The van der Waals surface area contributed by atoms with Gasteiger partial charge in [-0.05, 0) is 43.8 Å². The molecule has 122 valence electrons. The van der Waals surface area contributed by atoms with Crippen molar-refractivity contribution in [3.63, 3.8) is 0 Å². The van der Waals surface area contributed by atoms with Gasteiger partial charge in [0.15, 0.2) is 5.78 Å². The van der Waals surface area contributed by atoms with Crippen molar-refractivity contribution in [1.29, 1.82) is 0 Å². The van der Waals surface area contributed by atoms with E-state index in [9.17, 15) is 4.79 Å². The summed E-state index contributed by atoms with van der Waals surface area (Å²) < 4.78 is 0. The summed E-state index contributed by atoms with van der Waals surface area (Å²) in [4.78, 5) is 14.5. The second kappa shape index (κ2) is 8.85. The zero-order chi connectivity index (χ0) is 15.2. The number of carbonyl (C=O) groups is 1. The smallest absolute Gasteiger partial charge is 0.176 e. The van der Waals surface area contributed by atoms with Gasteiger partial charge in [-0.2, -0.15) is 0 Å². The monoisotopic (exact) mass is 329 g/mol. The van der Waals surface area contributed by atoms with E-state index in [-0.39, 0.29) is 18.2 Å². The molecule has 0 bridgehead atoms. The van der Waals surface area contributed by atoms with Crippen molar-refractivity contribution in [3.05, 3.63) is 71.8 Å². The number of likely N-dealkylation sites (tertiary alicyclic amines) is 1. The number of benzene rings is 2. The molecule has 0 aliphatic carbocycles. The van der Waals surface area contributed by atoms with Crippen LogP contribution in [0, 0.1) is 5.92 Å². The Morgan fingerprint density at radius 1 is 0.913 bits per heavy atom. The van der Waals surface area contributed by atoms with E-state index >= 15 is 0 Å².